The van der Waals surface area contributed by atoms with Gasteiger partial charge in [0.25, 0.3) is 0 Å². The summed E-state index contributed by atoms with van der Waals surface area (Å²) in [4.78, 5) is 10.8. The number of hydrogen-bond acceptors (Lipinski definition) is 2. The average molecular weight is 180 g/mol. The normalized spacial score (nSPS) is 16.1. The lowest BCUT2D eigenvalue weighted by atomic mass is 10.2. The summed E-state index contributed by atoms with van der Waals surface area (Å²) in [6, 6.07) is 0. The molecule has 0 spiro atoms. The molecule has 1 saturated carbocycles. The summed E-state index contributed by atoms with van der Waals surface area (Å²) in [5.74, 6) is -0.458. The van der Waals surface area contributed by atoms with Crippen LogP contribution in [-0.2, 0) is 6.54 Å². The van der Waals surface area contributed by atoms with Gasteiger partial charge in [-0.1, -0.05) is 0 Å². The Morgan fingerprint density at radius 1 is 1.77 bits per heavy atom. The van der Waals surface area contributed by atoms with Crippen LogP contribution in [0.5, 0.6) is 0 Å². The number of aromatic nitrogens is 2. The second kappa shape index (κ2) is 2.87. The molecule has 1 aliphatic rings. The van der Waals surface area contributed by atoms with Crippen molar-refractivity contribution in [3.05, 3.63) is 17.5 Å². The highest BCUT2D eigenvalue weighted by Gasteiger charge is 2.31. The predicted octanol–water partition coefficient (Wildman–Crippen LogP) is 1.48. The fourth-order valence-electron chi connectivity index (χ4n) is 1.42. The monoisotopic (exact) mass is 180 g/mol. The Balaban J connectivity index is 2.39. The largest absolute Gasteiger partial charge is 0.478 e. The standard InChI is InChI=1S/C9H12N2O2/c1-2-11-5-7(9(12)13)8(10-11)6-3-4-6/h5-6H,2-4H2,1H3,(H,12,13). The van der Waals surface area contributed by atoms with Gasteiger partial charge < -0.3 is 5.11 Å². The fraction of sp³-hybridized carbons (Fsp3) is 0.556. The average Bonchev–Trinajstić information content (AvgIpc) is 2.84. The number of carboxylic acid groups (broad SMARTS) is 1. The van der Waals surface area contributed by atoms with Gasteiger partial charge in [0.2, 0.25) is 0 Å². The molecule has 2 rings (SSSR count). The maximum absolute atomic E-state index is 10.8. The zero-order valence-electron chi connectivity index (χ0n) is 7.53. The molecule has 0 amide bonds. The van der Waals surface area contributed by atoms with Gasteiger partial charge in [-0.05, 0) is 19.8 Å². The molecule has 1 heterocycles. The summed E-state index contributed by atoms with van der Waals surface area (Å²) in [7, 11) is 0. The molecule has 0 saturated heterocycles. The molecule has 0 radical (unpaired) electrons. The lowest BCUT2D eigenvalue weighted by Crippen LogP contribution is -1.98. The van der Waals surface area contributed by atoms with Gasteiger partial charge in [0.15, 0.2) is 0 Å². The van der Waals surface area contributed by atoms with E-state index in [1.165, 1.54) is 0 Å². The molecule has 4 nitrogen and oxygen atoms in total. The van der Waals surface area contributed by atoms with Crippen LogP contribution in [-0.4, -0.2) is 20.9 Å². The van der Waals surface area contributed by atoms with E-state index in [1.54, 1.807) is 10.9 Å². The molecular weight excluding hydrogens is 168 g/mol. The van der Waals surface area contributed by atoms with Crippen molar-refractivity contribution < 1.29 is 9.90 Å². The molecule has 13 heavy (non-hydrogen) atoms. The summed E-state index contributed by atoms with van der Waals surface area (Å²) < 4.78 is 1.69. The van der Waals surface area contributed by atoms with Crippen LogP contribution in [0.25, 0.3) is 0 Å². The van der Waals surface area contributed by atoms with Crippen molar-refractivity contribution in [1.29, 1.82) is 0 Å². The molecule has 4 heteroatoms. The molecule has 0 bridgehead atoms. The first-order valence-corrected chi connectivity index (χ1v) is 4.53. The third kappa shape index (κ3) is 1.43. The van der Waals surface area contributed by atoms with E-state index in [1.807, 2.05) is 6.92 Å². The van der Waals surface area contributed by atoms with Gasteiger partial charge in [-0.3, -0.25) is 4.68 Å². The van der Waals surface area contributed by atoms with Crippen LogP contribution in [0.3, 0.4) is 0 Å². The molecule has 1 aromatic heterocycles. The molecule has 70 valence electrons. The van der Waals surface area contributed by atoms with Crippen LogP contribution in [0.4, 0.5) is 0 Å². The lowest BCUT2D eigenvalue weighted by molar-refractivity contribution is 0.0695. The van der Waals surface area contributed by atoms with Gasteiger partial charge in [0.05, 0.1) is 5.69 Å². The highest BCUT2D eigenvalue weighted by Crippen LogP contribution is 2.40. The molecule has 1 aromatic rings. The third-order valence-electron chi connectivity index (χ3n) is 2.31. The Hall–Kier alpha value is -1.32. The molecule has 0 aromatic carbocycles. The van der Waals surface area contributed by atoms with E-state index in [-0.39, 0.29) is 0 Å². The predicted molar refractivity (Wildman–Crippen MR) is 46.8 cm³/mol. The first kappa shape index (κ1) is 8.29. The molecule has 1 aliphatic carbocycles. The van der Waals surface area contributed by atoms with Gasteiger partial charge in [-0.15, -0.1) is 0 Å². The Bertz CT molecular complexity index is 339. The molecule has 0 aliphatic heterocycles. The fourth-order valence-corrected chi connectivity index (χ4v) is 1.42. The summed E-state index contributed by atoms with van der Waals surface area (Å²) in [6.07, 6.45) is 3.79. The van der Waals surface area contributed by atoms with Crippen molar-refractivity contribution in [3.63, 3.8) is 0 Å². The molecule has 1 N–H and O–H groups in total. The summed E-state index contributed by atoms with van der Waals surface area (Å²) in [5, 5.41) is 13.1. The molecular formula is C9H12N2O2. The Morgan fingerprint density at radius 2 is 2.46 bits per heavy atom. The van der Waals surface area contributed by atoms with Gasteiger partial charge in [0.1, 0.15) is 5.56 Å². The molecule has 0 atom stereocenters. The van der Waals surface area contributed by atoms with Crippen LogP contribution in [0.1, 0.15) is 41.7 Å². The zero-order chi connectivity index (χ0) is 9.42. The summed E-state index contributed by atoms with van der Waals surface area (Å²) in [6.45, 7) is 2.68. The quantitative estimate of drug-likeness (QED) is 0.766. The first-order valence-electron chi connectivity index (χ1n) is 4.53. The number of aryl methyl sites for hydroxylation is 1. The zero-order valence-corrected chi connectivity index (χ0v) is 7.53. The highest BCUT2D eigenvalue weighted by atomic mass is 16.4. The number of carbonyl (C=O) groups is 1. The number of nitrogens with zero attached hydrogens (tertiary/aromatic N) is 2. The van der Waals surface area contributed by atoms with Crippen molar-refractivity contribution in [2.45, 2.75) is 32.2 Å². The van der Waals surface area contributed by atoms with Crippen LogP contribution in [0.2, 0.25) is 0 Å². The van der Waals surface area contributed by atoms with Crippen molar-refractivity contribution >= 4 is 5.97 Å². The van der Waals surface area contributed by atoms with Crippen molar-refractivity contribution in [3.8, 4) is 0 Å². The third-order valence-corrected chi connectivity index (χ3v) is 2.31. The van der Waals surface area contributed by atoms with Gasteiger partial charge in [-0.2, -0.15) is 5.10 Å². The van der Waals surface area contributed by atoms with Gasteiger partial charge in [0, 0.05) is 18.7 Å². The van der Waals surface area contributed by atoms with Gasteiger partial charge >= 0.3 is 5.97 Å². The molecule has 1 fully saturated rings. The SMILES string of the molecule is CCn1cc(C(=O)O)c(C2CC2)n1. The van der Waals surface area contributed by atoms with E-state index in [4.69, 9.17) is 5.11 Å². The topological polar surface area (TPSA) is 55.1 Å². The number of hydrogen-bond donors (Lipinski definition) is 1. The Kier molecular flexibility index (Phi) is 1.83. The second-order valence-corrected chi connectivity index (χ2v) is 3.36. The van der Waals surface area contributed by atoms with Crippen LogP contribution >= 0.6 is 0 Å². The van der Waals surface area contributed by atoms with E-state index >= 15 is 0 Å². The minimum Gasteiger partial charge on any atom is -0.478 e. The van der Waals surface area contributed by atoms with Gasteiger partial charge in [-0.25, -0.2) is 4.79 Å². The van der Waals surface area contributed by atoms with Crippen LogP contribution in [0, 0.1) is 0 Å². The minimum absolute atomic E-state index is 0.379. The second-order valence-electron chi connectivity index (χ2n) is 3.36. The number of carboxylic acids is 1. The highest BCUT2D eigenvalue weighted by molar-refractivity contribution is 5.89. The van der Waals surface area contributed by atoms with Crippen molar-refractivity contribution in [2.24, 2.45) is 0 Å². The van der Waals surface area contributed by atoms with E-state index in [0.29, 0.717) is 11.5 Å². The first-order chi connectivity index (χ1) is 6.22. The lowest BCUT2D eigenvalue weighted by Gasteiger charge is -1.92. The Morgan fingerprint density at radius 3 is 2.92 bits per heavy atom. The maximum atomic E-state index is 10.8. The van der Waals surface area contributed by atoms with E-state index in [9.17, 15) is 4.79 Å². The minimum atomic E-state index is -0.860. The van der Waals surface area contributed by atoms with Crippen molar-refractivity contribution in [1.82, 2.24) is 9.78 Å². The smallest absolute Gasteiger partial charge is 0.339 e. The Labute approximate surface area is 76.2 Å². The van der Waals surface area contributed by atoms with E-state index in [0.717, 1.165) is 25.1 Å². The number of rotatable bonds is 3. The summed E-state index contributed by atoms with van der Waals surface area (Å²) >= 11 is 0. The summed E-state index contributed by atoms with van der Waals surface area (Å²) in [5.41, 5.74) is 1.15. The van der Waals surface area contributed by atoms with E-state index in [2.05, 4.69) is 5.10 Å². The van der Waals surface area contributed by atoms with Crippen LogP contribution < -0.4 is 0 Å². The molecule has 0 unspecified atom stereocenters. The van der Waals surface area contributed by atoms with Crippen molar-refractivity contribution in [2.75, 3.05) is 0 Å². The maximum Gasteiger partial charge on any atom is 0.339 e. The van der Waals surface area contributed by atoms with E-state index < -0.39 is 5.97 Å². The van der Waals surface area contributed by atoms with Crippen LogP contribution in [0.15, 0.2) is 6.20 Å². The number of aromatic carboxylic acids is 1.